The van der Waals surface area contributed by atoms with Crippen LogP contribution in [0.3, 0.4) is 0 Å². The Morgan fingerprint density at radius 1 is 0.962 bits per heavy atom. The Morgan fingerprint density at radius 3 is 2.42 bits per heavy atom. The zero-order chi connectivity index (χ0) is 18.4. The molecule has 26 heavy (non-hydrogen) atoms. The minimum absolute atomic E-state index is 0.372. The van der Waals surface area contributed by atoms with Crippen LogP contribution in [0.5, 0.6) is 0 Å². The predicted octanol–water partition coefficient (Wildman–Crippen LogP) is 5.28. The minimum Gasteiger partial charge on any atom is -0.0806 e. The van der Waals surface area contributed by atoms with E-state index in [4.69, 9.17) is 0 Å². The van der Waals surface area contributed by atoms with E-state index in [9.17, 15) is 0 Å². The average molecular weight is 361 g/mol. The fourth-order valence-corrected chi connectivity index (χ4v) is 6.12. The molecule has 0 amide bonds. The Hall–Kier alpha value is -1.86. The third-order valence-corrected chi connectivity index (χ3v) is 7.65. The van der Waals surface area contributed by atoms with Crippen molar-refractivity contribution in [2.75, 3.05) is 0 Å². The van der Waals surface area contributed by atoms with E-state index in [0.717, 1.165) is 6.42 Å². The summed E-state index contributed by atoms with van der Waals surface area (Å²) in [4.78, 5) is 0. The molecule has 0 saturated carbocycles. The summed E-state index contributed by atoms with van der Waals surface area (Å²) >= 11 is 0. The summed E-state index contributed by atoms with van der Waals surface area (Å²) in [5, 5.41) is 3.36. The Labute approximate surface area is 161 Å². The first-order chi connectivity index (χ1) is 12.7. The molecule has 1 aliphatic rings. The monoisotopic (exact) mass is 360 g/mol. The van der Waals surface area contributed by atoms with E-state index in [1.807, 2.05) is 0 Å². The highest BCUT2D eigenvalue weighted by Crippen LogP contribution is 2.24. The summed E-state index contributed by atoms with van der Waals surface area (Å²) in [6, 6.07) is 18.5. The first kappa shape index (κ1) is 18.9. The first-order valence-corrected chi connectivity index (χ1v) is 11.6. The topological polar surface area (TPSA) is 0 Å². The SMILES string of the molecule is CCCCc1ccc(Cc2ccccc2[SiH2]C2=C(C(C)C)C=CC2)cc1. The predicted molar refractivity (Wildman–Crippen MR) is 118 cm³/mol. The zero-order valence-corrected chi connectivity index (χ0v) is 18.0. The second-order valence-corrected chi connectivity index (χ2v) is 9.83. The van der Waals surface area contributed by atoms with Crippen LogP contribution in [-0.2, 0) is 12.8 Å². The molecular weight excluding hydrogens is 328 g/mol. The molecule has 0 radical (unpaired) electrons. The van der Waals surface area contributed by atoms with E-state index in [2.05, 4.69) is 81.5 Å². The van der Waals surface area contributed by atoms with Crippen molar-refractivity contribution in [3.8, 4) is 0 Å². The van der Waals surface area contributed by atoms with Crippen LogP contribution in [0.15, 0.2) is 71.5 Å². The molecule has 0 aliphatic heterocycles. The van der Waals surface area contributed by atoms with Gasteiger partial charge in [0, 0.05) is 0 Å². The van der Waals surface area contributed by atoms with Gasteiger partial charge in [-0.1, -0.05) is 104 Å². The number of rotatable bonds is 8. The standard InChI is InChI=1S/C25H32Si/c1-4-5-9-20-14-16-21(17-15-20)18-22-10-6-7-12-24(22)26-25-13-8-11-23(25)19(2)3/h6-8,10-12,14-17,19H,4-5,9,13,18,26H2,1-3H3. The highest BCUT2D eigenvalue weighted by molar-refractivity contribution is 6.62. The number of hydrogen-bond acceptors (Lipinski definition) is 0. The van der Waals surface area contributed by atoms with Gasteiger partial charge in [-0.2, -0.15) is 0 Å². The van der Waals surface area contributed by atoms with Gasteiger partial charge in [0.05, 0.1) is 9.52 Å². The van der Waals surface area contributed by atoms with Crippen LogP contribution in [0.2, 0.25) is 0 Å². The minimum atomic E-state index is -0.372. The second kappa shape index (κ2) is 9.18. The number of allylic oxidation sites excluding steroid dienone is 4. The molecule has 1 heteroatoms. The van der Waals surface area contributed by atoms with Gasteiger partial charge in [0.2, 0.25) is 0 Å². The highest BCUT2D eigenvalue weighted by atomic mass is 28.2. The molecule has 0 nitrogen and oxygen atoms in total. The van der Waals surface area contributed by atoms with Gasteiger partial charge in [0.15, 0.2) is 0 Å². The van der Waals surface area contributed by atoms with E-state index in [1.54, 1.807) is 16.0 Å². The zero-order valence-electron chi connectivity index (χ0n) is 16.6. The molecule has 0 bridgehead atoms. The first-order valence-electron chi connectivity index (χ1n) is 10.2. The van der Waals surface area contributed by atoms with Crippen LogP contribution in [0, 0.1) is 5.92 Å². The lowest BCUT2D eigenvalue weighted by atomic mass is 10.0. The number of aryl methyl sites for hydroxylation is 1. The normalized spacial score (nSPS) is 14.3. The summed E-state index contributed by atoms with van der Waals surface area (Å²) in [5.41, 5.74) is 6.05. The third-order valence-electron chi connectivity index (χ3n) is 5.45. The summed E-state index contributed by atoms with van der Waals surface area (Å²) in [7, 11) is -0.372. The largest absolute Gasteiger partial charge is 0.0835 e. The molecule has 0 spiro atoms. The Bertz CT molecular complexity index is 778. The van der Waals surface area contributed by atoms with Crippen molar-refractivity contribution in [2.45, 2.75) is 52.9 Å². The van der Waals surface area contributed by atoms with Gasteiger partial charge in [-0.15, -0.1) is 0 Å². The fraction of sp³-hybridized carbons (Fsp3) is 0.360. The molecule has 2 aromatic carbocycles. The molecule has 0 saturated heterocycles. The molecule has 2 aromatic rings. The maximum absolute atomic E-state index is 2.38. The van der Waals surface area contributed by atoms with Crippen LogP contribution in [0.1, 0.15) is 56.7 Å². The van der Waals surface area contributed by atoms with E-state index in [-0.39, 0.29) is 9.52 Å². The van der Waals surface area contributed by atoms with Gasteiger partial charge in [-0.05, 0) is 48.3 Å². The molecule has 1 aliphatic carbocycles. The van der Waals surface area contributed by atoms with Crippen molar-refractivity contribution in [1.29, 1.82) is 0 Å². The van der Waals surface area contributed by atoms with E-state index in [1.165, 1.54) is 42.4 Å². The maximum atomic E-state index is 2.38. The van der Waals surface area contributed by atoms with Crippen molar-refractivity contribution in [3.63, 3.8) is 0 Å². The lowest BCUT2D eigenvalue weighted by molar-refractivity contribution is 0.790. The Kier molecular flexibility index (Phi) is 6.68. The van der Waals surface area contributed by atoms with Crippen LogP contribution >= 0.6 is 0 Å². The van der Waals surface area contributed by atoms with Crippen LogP contribution in [0.25, 0.3) is 0 Å². The van der Waals surface area contributed by atoms with Gasteiger partial charge in [-0.3, -0.25) is 0 Å². The lowest BCUT2D eigenvalue weighted by Gasteiger charge is -2.14. The molecule has 3 rings (SSSR count). The molecule has 0 N–H and O–H groups in total. The van der Waals surface area contributed by atoms with Gasteiger partial charge in [-0.25, -0.2) is 0 Å². The van der Waals surface area contributed by atoms with Gasteiger partial charge >= 0.3 is 0 Å². The van der Waals surface area contributed by atoms with Crippen LogP contribution < -0.4 is 5.19 Å². The van der Waals surface area contributed by atoms with Gasteiger partial charge in [0.25, 0.3) is 0 Å². The maximum Gasteiger partial charge on any atom is 0.0835 e. The van der Waals surface area contributed by atoms with Gasteiger partial charge in [0.1, 0.15) is 0 Å². The smallest absolute Gasteiger partial charge is 0.0806 e. The van der Waals surface area contributed by atoms with Crippen molar-refractivity contribution < 1.29 is 0 Å². The summed E-state index contributed by atoms with van der Waals surface area (Å²) in [5.74, 6) is 0.652. The summed E-state index contributed by atoms with van der Waals surface area (Å²) < 4.78 is 0. The quantitative estimate of drug-likeness (QED) is 0.562. The summed E-state index contributed by atoms with van der Waals surface area (Å²) in [6.07, 6.45) is 10.7. The molecule has 0 aromatic heterocycles. The molecule has 0 fully saturated rings. The van der Waals surface area contributed by atoms with E-state index in [0.29, 0.717) is 5.92 Å². The van der Waals surface area contributed by atoms with Crippen molar-refractivity contribution >= 4 is 14.7 Å². The van der Waals surface area contributed by atoms with E-state index < -0.39 is 0 Å². The average Bonchev–Trinajstić information content (AvgIpc) is 3.11. The molecule has 0 atom stereocenters. The third kappa shape index (κ3) is 4.85. The molecule has 0 unspecified atom stereocenters. The number of hydrogen-bond donors (Lipinski definition) is 0. The summed E-state index contributed by atoms with van der Waals surface area (Å²) in [6.45, 7) is 6.91. The van der Waals surface area contributed by atoms with Gasteiger partial charge < -0.3 is 0 Å². The lowest BCUT2D eigenvalue weighted by Crippen LogP contribution is -2.22. The Morgan fingerprint density at radius 2 is 1.69 bits per heavy atom. The molecule has 136 valence electrons. The highest BCUT2D eigenvalue weighted by Gasteiger charge is 2.14. The van der Waals surface area contributed by atoms with Crippen LogP contribution in [-0.4, -0.2) is 9.52 Å². The Balaban J connectivity index is 1.74. The second-order valence-electron chi connectivity index (χ2n) is 7.86. The van der Waals surface area contributed by atoms with Crippen molar-refractivity contribution in [3.05, 3.63) is 88.1 Å². The molecular formula is C25H32Si. The number of benzene rings is 2. The molecule has 0 heterocycles. The van der Waals surface area contributed by atoms with E-state index >= 15 is 0 Å². The van der Waals surface area contributed by atoms with Crippen LogP contribution in [0.4, 0.5) is 0 Å². The van der Waals surface area contributed by atoms with Crippen molar-refractivity contribution in [1.82, 2.24) is 0 Å². The van der Waals surface area contributed by atoms with Crippen molar-refractivity contribution in [2.24, 2.45) is 5.92 Å². The fourth-order valence-electron chi connectivity index (χ4n) is 3.90. The number of unbranched alkanes of at least 4 members (excludes halogenated alkanes) is 1.